The highest BCUT2D eigenvalue weighted by atomic mass is 32.2. The van der Waals surface area contributed by atoms with Crippen LogP contribution >= 0.6 is 11.8 Å². The number of amides is 2. The largest absolute Gasteiger partial charge is 0.491 e. The zero-order valence-corrected chi connectivity index (χ0v) is 16.5. The molecule has 1 aliphatic heterocycles. The van der Waals surface area contributed by atoms with Crippen molar-refractivity contribution in [3.63, 3.8) is 0 Å². The number of benzene rings is 2. The third-order valence-electron chi connectivity index (χ3n) is 4.20. The molecule has 0 bridgehead atoms. The minimum atomic E-state index is -4.49. The fourth-order valence-corrected chi connectivity index (χ4v) is 3.62. The van der Waals surface area contributed by atoms with Crippen LogP contribution < -0.4 is 15.4 Å². The lowest BCUT2D eigenvalue weighted by molar-refractivity contribution is -0.137. The summed E-state index contributed by atoms with van der Waals surface area (Å²) in [4.78, 5) is 24.9. The van der Waals surface area contributed by atoms with Gasteiger partial charge in [-0.3, -0.25) is 9.59 Å². The van der Waals surface area contributed by atoms with Gasteiger partial charge in [-0.2, -0.15) is 13.2 Å². The number of hydrogen-bond acceptors (Lipinski definition) is 5. The van der Waals surface area contributed by atoms with Crippen LogP contribution in [0.1, 0.15) is 22.3 Å². The molecule has 1 atom stereocenters. The Hall–Kier alpha value is -2.72. The van der Waals surface area contributed by atoms with Gasteiger partial charge in [0.2, 0.25) is 5.91 Å². The first-order chi connectivity index (χ1) is 14.2. The molecule has 1 heterocycles. The first kappa shape index (κ1) is 22.0. The van der Waals surface area contributed by atoms with Crippen LogP contribution in [0, 0.1) is 0 Å². The van der Waals surface area contributed by atoms with E-state index in [4.69, 9.17) is 4.74 Å². The van der Waals surface area contributed by atoms with Gasteiger partial charge >= 0.3 is 6.18 Å². The van der Waals surface area contributed by atoms with Gasteiger partial charge in [-0.25, -0.2) is 0 Å². The Balaban J connectivity index is 1.52. The van der Waals surface area contributed by atoms with E-state index < -0.39 is 23.8 Å². The molecule has 0 saturated heterocycles. The lowest BCUT2D eigenvalue weighted by Gasteiger charge is -2.15. The number of carbonyl (C=O) groups excluding carboxylic acids is 2. The third kappa shape index (κ3) is 5.90. The molecule has 6 nitrogen and oxygen atoms in total. The van der Waals surface area contributed by atoms with Crippen LogP contribution in [0.5, 0.6) is 5.75 Å². The molecule has 0 radical (unpaired) electrons. The Morgan fingerprint density at radius 1 is 1.27 bits per heavy atom. The number of thioether (sulfide) groups is 1. The highest BCUT2D eigenvalue weighted by molar-refractivity contribution is 7.99. The number of aliphatic hydroxyl groups is 1. The molecule has 0 fully saturated rings. The zero-order chi connectivity index (χ0) is 21.7. The number of ether oxygens (including phenoxy) is 1. The molecule has 0 aromatic heterocycles. The summed E-state index contributed by atoms with van der Waals surface area (Å²) >= 11 is 1.52. The van der Waals surface area contributed by atoms with Crippen LogP contribution in [0.4, 0.5) is 18.9 Å². The van der Waals surface area contributed by atoms with E-state index in [1.165, 1.54) is 23.9 Å². The molecule has 3 rings (SSSR count). The Morgan fingerprint density at radius 3 is 2.83 bits per heavy atom. The van der Waals surface area contributed by atoms with Crippen LogP contribution in [0.2, 0.25) is 0 Å². The molecule has 3 N–H and O–H groups in total. The Bertz CT molecular complexity index is 937. The normalized spacial score (nSPS) is 14.9. The van der Waals surface area contributed by atoms with Gasteiger partial charge in [-0.1, -0.05) is 6.07 Å². The summed E-state index contributed by atoms with van der Waals surface area (Å²) in [6.45, 7) is -0.450. The van der Waals surface area contributed by atoms with Gasteiger partial charge in [0, 0.05) is 29.2 Å². The molecular weight excluding hydrogens is 421 g/mol. The summed E-state index contributed by atoms with van der Waals surface area (Å²) < 4.78 is 43.3. The predicted molar refractivity (Wildman–Crippen MR) is 106 cm³/mol. The molecule has 2 amide bonds. The highest BCUT2D eigenvalue weighted by Gasteiger charge is 2.30. The molecule has 0 aliphatic carbocycles. The molecule has 2 aromatic rings. The average molecular weight is 440 g/mol. The monoisotopic (exact) mass is 440 g/mol. The highest BCUT2D eigenvalue weighted by Crippen LogP contribution is 2.32. The number of rotatable bonds is 6. The van der Waals surface area contributed by atoms with E-state index in [-0.39, 0.29) is 24.8 Å². The summed E-state index contributed by atoms with van der Waals surface area (Å²) in [5.41, 5.74) is 0.0161. The Kier molecular flexibility index (Phi) is 6.88. The maximum atomic E-state index is 12.7. The van der Waals surface area contributed by atoms with Crippen LogP contribution in [0.3, 0.4) is 0 Å². The van der Waals surface area contributed by atoms with Crippen molar-refractivity contribution in [3.05, 3.63) is 53.6 Å². The van der Waals surface area contributed by atoms with Crippen molar-refractivity contribution in [2.45, 2.75) is 23.6 Å². The number of carbonyl (C=O) groups is 2. The molecule has 1 aliphatic rings. The first-order valence-electron chi connectivity index (χ1n) is 9.05. The molecule has 10 heteroatoms. The van der Waals surface area contributed by atoms with E-state index >= 15 is 0 Å². The minimum Gasteiger partial charge on any atom is -0.491 e. The summed E-state index contributed by atoms with van der Waals surface area (Å²) in [5, 5.41) is 15.3. The van der Waals surface area contributed by atoms with Crippen molar-refractivity contribution in [2.24, 2.45) is 0 Å². The fraction of sp³-hybridized carbons (Fsp3) is 0.300. The lowest BCUT2D eigenvalue weighted by atomic mass is 10.1. The van der Waals surface area contributed by atoms with Crippen molar-refractivity contribution in [3.8, 4) is 5.75 Å². The molecule has 2 aromatic carbocycles. The molecule has 1 unspecified atom stereocenters. The Labute approximate surface area is 174 Å². The van der Waals surface area contributed by atoms with Crippen molar-refractivity contribution >= 4 is 29.3 Å². The van der Waals surface area contributed by atoms with Crippen LogP contribution in [-0.4, -0.2) is 41.9 Å². The first-order valence-corrected chi connectivity index (χ1v) is 10.0. The third-order valence-corrected chi connectivity index (χ3v) is 5.28. The van der Waals surface area contributed by atoms with E-state index in [1.54, 1.807) is 18.2 Å². The summed E-state index contributed by atoms with van der Waals surface area (Å²) in [5.74, 6) is 0.0391. The molecule has 0 saturated carbocycles. The number of fused-ring (bicyclic) bond motifs is 1. The van der Waals surface area contributed by atoms with Gasteiger partial charge in [0.15, 0.2) is 0 Å². The van der Waals surface area contributed by atoms with Crippen molar-refractivity contribution in [1.82, 2.24) is 5.32 Å². The van der Waals surface area contributed by atoms with Crippen LogP contribution in [0.25, 0.3) is 0 Å². The summed E-state index contributed by atoms with van der Waals surface area (Å²) in [6.07, 6.45) is -5.23. The number of nitrogens with one attached hydrogen (secondary N) is 2. The predicted octanol–water partition coefficient (Wildman–Crippen LogP) is 3.31. The van der Waals surface area contributed by atoms with Crippen molar-refractivity contribution < 1.29 is 32.6 Å². The molecule has 160 valence electrons. The fourth-order valence-electron chi connectivity index (χ4n) is 2.69. The molecular formula is C20H19F3N2O4S. The molecule has 30 heavy (non-hydrogen) atoms. The maximum absolute atomic E-state index is 12.7. The van der Waals surface area contributed by atoms with Gasteiger partial charge in [0.1, 0.15) is 18.5 Å². The van der Waals surface area contributed by atoms with Gasteiger partial charge in [0.25, 0.3) is 5.91 Å². The lowest BCUT2D eigenvalue weighted by Crippen LogP contribution is -2.35. The number of halogens is 3. The van der Waals surface area contributed by atoms with E-state index in [9.17, 15) is 27.9 Å². The van der Waals surface area contributed by atoms with Gasteiger partial charge in [-0.15, -0.1) is 11.8 Å². The van der Waals surface area contributed by atoms with Gasteiger partial charge in [0.05, 0.1) is 11.3 Å². The Morgan fingerprint density at radius 2 is 2.07 bits per heavy atom. The number of alkyl halides is 3. The number of anilines is 1. The summed E-state index contributed by atoms with van der Waals surface area (Å²) in [6, 6.07) is 9.24. The van der Waals surface area contributed by atoms with Gasteiger partial charge < -0.3 is 20.5 Å². The smallest absolute Gasteiger partial charge is 0.416 e. The van der Waals surface area contributed by atoms with Crippen LogP contribution in [-0.2, 0) is 11.0 Å². The van der Waals surface area contributed by atoms with E-state index in [0.29, 0.717) is 23.4 Å². The van der Waals surface area contributed by atoms with E-state index in [2.05, 4.69) is 10.6 Å². The van der Waals surface area contributed by atoms with Crippen molar-refractivity contribution in [1.29, 1.82) is 0 Å². The topological polar surface area (TPSA) is 87.7 Å². The second-order valence-electron chi connectivity index (χ2n) is 6.56. The van der Waals surface area contributed by atoms with E-state index in [0.717, 1.165) is 17.0 Å². The quantitative estimate of drug-likeness (QED) is 0.642. The van der Waals surface area contributed by atoms with E-state index in [1.807, 2.05) is 0 Å². The number of aliphatic hydroxyl groups excluding tert-OH is 1. The number of hydrogen-bond donors (Lipinski definition) is 3. The maximum Gasteiger partial charge on any atom is 0.416 e. The average Bonchev–Trinajstić information content (AvgIpc) is 2.89. The summed E-state index contributed by atoms with van der Waals surface area (Å²) in [7, 11) is 0. The second kappa shape index (κ2) is 9.40. The van der Waals surface area contributed by atoms with Gasteiger partial charge in [-0.05, 0) is 36.4 Å². The zero-order valence-electron chi connectivity index (χ0n) is 15.7. The van der Waals surface area contributed by atoms with Crippen molar-refractivity contribution in [2.75, 3.05) is 24.2 Å². The second-order valence-corrected chi connectivity index (χ2v) is 7.69. The minimum absolute atomic E-state index is 0.0332. The SMILES string of the molecule is O=C1CCSc2ccc(C(=O)NCC(O)COc3cccc(C(F)(F)F)c3)cc2N1. The molecule has 0 spiro atoms. The standard InChI is InChI=1S/C20H19F3N2O4S/c21-20(22,23)13-2-1-3-15(9-13)29-11-14(26)10-24-19(28)12-4-5-17-16(8-12)25-18(27)6-7-30-17/h1-5,8-9,14,26H,6-7,10-11H2,(H,24,28)(H,25,27). The van der Waals surface area contributed by atoms with Crippen LogP contribution in [0.15, 0.2) is 47.4 Å².